The number of nitrogens with two attached hydrogens (primary N) is 1. The predicted octanol–water partition coefficient (Wildman–Crippen LogP) is 3.24. The molecule has 0 spiro atoms. The lowest BCUT2D eigenvalue weighted by molar-refractivity contribution is -0.384. The second kappa shape index (κ2) is 7.93. The normalized spacial score (nSPS) is 15.4. The molecule has 13 heteroatoms. The van der Waals surface area contributed by atoms with Gasteiger partial charge in [-0.25, -0.2) is 13.6 Å². The van der Waals surface area contributed by atoms with Gasteiger partial charge in [-0.1, -0.05) is 11.6 Å². The molecule has 0 saturated carbocycles. The van der Waals surface area contributed by atoms with Crippen molar-refractivity contribution in [3.8, 4) is 0 Å². The molecule has 2 N–H and O–H groups in total. The average Bonchev–Trinajstić information content (AvgIpc) is 2.66. The lowest BCUT2D eigenvalue weighted by Gasteiger charge is -2.37. The van der Waals surface area contributed by atoms with Crippen LogP contribution in [0.3, 0.4) is 0 Å². The highest BCUT2D eigenvalue weighted by Crippen LogP contribution is 2.41. The smallest absolute Gasteiger partial charge is 0.368 e. The molecule has 1 saturated heterocycles. The highest BCUT2D eigenvalue weighted by Gasteiger charge is 2.37. The number of nitro groups is 1. The first-order chi connectivity index (χ1) is 13.9. The lowest BCUT2D eigenvalue weighted by Crippen LogP contribution is -2.46. The summed E-state index contributed by atoms with van der Waals surface area (Å²) in [6, 6.07) is 7.35. The number of hydrogen-bond acceptors (Lipinski definition) is 6. The standard InChI is InChI=1S/C17H16ClF3N4O4S/c18-14-10-15(16(25(26)27)9-13(14)17(19,20)21)24-7-5-23(6-8-24)11-1-3-12(4-2-11)30(22,28)29/h1-4,9-10H,5-8H2,(H2,22,28,29). The number of primary sulfonamides is 1. The zero-order valence-electron chi connectivity index (χ0n) is 15.3. The summed E-state index contributed by atoms with van der Waals surface area (Å²) in [4.78, 5) is 14.0. The number of piperazine rings is 1. The highest BCUT2D eigenvalue weighted by atomic mass is 35.5. The Morgan fingerprint density at radius 2 is 1.57 bits per heavy atom. The van der Waals surface area contributed by atoms with Crippen LogP contribution >= 0.6 is 11.6 Å². The van der Waals surface area contributed by atoms with E-state index >= 15 is 0 Å². The molecule has 2 aromatic carbocycles. The number of hydrogen-bond donors (Lipinski definition) is 1. The van der Waals surface area contributed by atoms with Crippen LogP contribution in [0.15, 0.2) is 41.3 Å². The van der Waals surface area contributed by atoms with Crippen molar-refractivity contribution in [2.24, 2.45) is 5.14 Å². The molecule has 2 aromatic rings. The average molecular weight is 465 g/mol. The van der Waals surface area contributed by atoms with Gasteiger partial charge >= 0.3 is 6.18 Å². The topological polar surface area (TPSA) is 110 Å². The van der Waals surface area contributed by atoms with Crippen LogP contribution in [0.1, 0.15) is 5.56 Å². The number of halogens is 4. The Morgan fingerprint density at radius 3 is 2.03 bits per heavy atom. The van der Waals surface area contributed by atoms with Gasteiger partial charge < -0.3 is 9.80 Å². The quantitative estimate of drug-likeness (QED) is 0.549. The Kier molecular flexibility index (Phi) is 5.85. The second-order valence-electron chi connectivity index (χ2n) is 6.59. The van der Waals surface area contributed by atoms with Crippen LogP contribution in [0.4, 0.5) is 30.2 Å². The Hall–Kier alpha value is -2.57. The lowest BCUT2D eigenvalue weighted by atomic mass is 10.1. The third-order valence-electron chi connectivity index (χ3n) is 4.72. The van der Waals surface area contributed by atoms with Crippen LogP contribution in [0, 0.1) is 10.1 Å². The Labute approximate surface area is 174 Å². The molecule has 1 fully saturated rings. The van der Waals surface area contributed by atoms with E-state index in [2.05, 4.69) is 0 Å². The largest absolute Gasteiger partial charge is 0.418 e. The minimum absolute atomic E-state index is 0.0159. The SMILES string of the molecule is NS(=O)(=O)c1ccc(N2CCN(c3cc(Cl)c(C(F)(F)F)cc3[N+](=O)[O-])CC2)cc1. The number of nitrogens with zero attached hydrogens (tertiary/aromatic N) is 3. The van der Waals surface area contributed by atoms with Crippen molar-refractivity contribution in [2.75, 3.05) is 36.0 Å². The van der Waals surface area contributed by atoms with E-state index in [-0.39, 0.29) is 10.6 Å². The Bertz CT molecular complexity index is 1070. The summed E-state index contributed by atoms with van der Waals surface area (Å²) >= 11 is 5.75. The first-order valence-corrected chi connectivity index (χ1v) is 10.5. The van der Waals surface area contributed by atoms with Crippen molar-refractivity contribution >= 4 is 38.7 Å². The number of rotatable bonds is 4. The molecule has 30 heavy (non-hydrogen) atoms. The number of nitro benzene ring substituents is 1. The van der Waals surface area contributed by atoms with Gasteiger partial charge in [0.15, 0.2) is 0 Å². The fourth-order valence-electron chi connectivity index (χ4n) is 3.22. The van der Waals surface area contributed by atoms with Gasteiger partial charge in [-0.15, -0.1) is 0 Å². The van der Waals surface area contributed by atoms with Crippen LogP contribution in [0.5, 0.6) is 0 Å². The summed E-state index contributed by atoms with van der Waals surface area (Å²) in [5, 5.41) is 15.8. The van der Waals surface area contributed by atoms with Gasteiger partial charge in [0.05, 0.1) is 20.4 Å². The predicted molar refractivity (Wildman–Crippen MR) is 105 cm³/mol. The number of benzene rings is 2. The van der Waals surface area contributed by atoms with Crippen molar-refractivity contribution in [3.63, 3.8) is 0 Å². The summed E-state index contributed by atoms with van der Waals surface area (Å²) in [6.07, 6.45) is -4.80. The maximum absolute atomic E-state index is 13.0. The second-order valence-corrected chi connectivity index (χ2v) is 8.56. The van der Waals surface area contributed by atoms with Gasteiger partial charge in [0.1, 0.15) is 5.69 Å². The fourth-order valence-corrected chi connectivity index (χ4v) is 4.00. The number of anilines is 2. The zero-order chi connectivity index (χ0) is 22.3. The Morgan fingerprint density at radius 1 is 1.03 bits per heavy atom. The molecule has 0 amide bonds. The van der Waals surface area contributed by atoms with E-state index in [1.807, 2.05) is 4.90 Å². The van der Waals surface area contributed by atoms with E-state index in [4.69, 9.17) is 16.7 Å². The van der Waals surface area contributed by atoms with Gasteiger partial charge in [0.25, 0.3) is 5.69 Å². The van der Waals surface area contributed by atoms with Crippen LogP contribution < -0.4 is 14.9 Å². The summed E-state index contributed by atoms with van der Waals surface area (Å²) < 4.78 is 61.8. The maximum Gasteiger partial charge on any atom is 0.418 e. The molecule has 162 valence electrons. The summed E-state index contributed by atoms with van der Waals surface area (Å²) in [6.45, 7) is 1.40. The fraction of sp³-hybridized carbons (Fsp3) is 0.294. The molecule has 3 rings (SSSR count). The third kappa shape index (κ3) is 4.60. The van der Waals surface area contributed by atoms with Crippen molar-refractivity contribution in [3.05, 3.63) is 57.1 Å². The van der Waals surface area contributed by atoms with Gasteiger partial charge in [-0.2, -0.15) is 13.2 Å². The minimum atomic E-state index is -4.80. The third-order valence-corrected chi connectivity index (χ3v) is 5.96. The van der Waals surface area contributed by atoms with Crippen molar-refractivity contribution in [1.29, 1.82) is 0 Å². The molecule has 1 aliphatic rings. The first kappa shape index (κ1) is 22.1. The molecule has 1 aliphatic heterocycles. The van der Waals surface area contributed by atoms with E-state index < -0.39 is 37.4 Å². The molecule has 0 unspecified atom stereocenters. The molecular weight excluding hydrogens is 449 g/mol. The molecular formula is C17H16ClF3N4O4S. The summed E-state index contributed by atoms with van der Waals surface area (Å²) in [7, 11) is -3.81. The zero-order valence-corrected chi connectivity index (χ0v) is 16.8. The van der Waals surface area contributed by atoms with Crippen LogP contribution in [-0.4, -0.2) is 39.5 Å². The van der Waals surface area contributed by atoms with Gasteiger partial charge in [-0.05, 0) is 30.3 Å². The van der Waals surface area contributed by atoms with Crippen molar-refractivity contribution in [1.82, 2.24) is 0 Å². The summed E-state index contributed by atoms with van der Waals surface area (Å²) in [5.41, 5.74) is -1.19. The van der Waals surface area contributed by atoms with E-state index in [1.165, 1.54) is 12.1 Å². The van der Waals surface area contributed by atoms with Crippen molar-refractivity contribution in [2.45, 2.75) is 11.1 Å². The molecule has 0 aromatic heterocycles. The van der Waals surface area contributed by atoms with Crippen LogP contribution in [-0.2, 0) is 16.2 Å². The van der Waals surface area contributed by atoms with Gasteiger partial charge in [-0.3, -0.25) is 10.1 Å². The van der Waals surface area contributed by atoms with E-state index in [0.717, 1.165) is 11.8 Å². The molecule has 8 nitrogen and oxygen atoms in total. The van der Waals surface area contributed by atoms with Crippen molar-refractivity contribution < 1.29 is 26.5 Å². The molecule has 0 atom stereocenters. The molecule has 1 heterocycles. The first-order valence-electron chi connectivity index (χ1n) is 8.56. The molecule has 0 aliphatic carbocycles. The number of alkyl halides is 3. The molecule has 0 bridgehead atoms. The summed E-state index contributed by atoms with van der Waals surface area (Å²) in [5.74, 6) is 0. The minimum Gasteiger partial charge on any atom is -0.368 e. The van der Waals surface area contributed by atoms with Crippen LogP contribution in [0.25, 0.3) is 0 Å². The Balaban J connectivity index is 1.81. The highest BCUT2D eigenvalue weighted by molar-refractivity contribution is 7.89. The van der Waals surface area contributed by atoms with E-state index in [0.29, 0.717) is 32.2 Å². The van der Waals surface area contributed by atoms with E-state index in [9.17, 15) is 31.7 Å². The van der Waals surface area contributed by atoms with E-state index in [1.54, 1.807) is 17.0 Å². The monoisotopic (exact) mass is 464 g/mol. The number of sulfonamides is 1. The maximum atomic E-state index is 13.0. The van der Waals surface area contributed by atoms with Crippen LogP contribution in [0.2, 0.25) is 5.02 Å². The molecule has 0 radical (unpaired) electrons. The van der Waals surface area contributed by atoms with Gasteiger partial charge in [0.2, 0.25) is 10.0 Å². The van der Waals surface area contributed by atoms with Gasteiger partial charge in [0, 0.05) is 37.9 Å².